The molecule has 0 radical (unpaired) electrons. The zero-order chi connectivity index (χ0) is 20.5. The molecule has 0 aliphatic heterocycles. The first-order valence-electron chi connectivity index (χ1n) is 9.27. The molecule has 8 nitrogen and oxygen atoms in total. The molecule has 1 aliphatic rings. The van der Waals surface area contributed by atoms with Crippen molar-refractivity contribution in [1.82, 2.24) is 9.13 Å². The highest BCUT2D eigenvalue weighted by atomic mass is 16.6. The van der Waals surface area contributed by atoms with Crippen LogP contribution in [0.5, 0.6) is 0 Å². The number of nitro groups is 1. The second-order valence-corrected chi connectivity index (χ2v) is 6.87. The molecule has 4 rings (SSSR count). The van der Waals surface area contributed by atoms with Gasteiger partial charge in [-0.25, -0.2) is 0 Å². The number of nitriles is 1. The molecule has 2 aromatic heterocycles. The van der Waals surface area contributed by atoms with Crippen LogP contribution in [-0.2, 0) is 6.54 Å². The van der Waals surface area contributed by atoms with Gasteiger partial charge in [0.05, 0.1) is 16.6 Å². The van der Waals surface area contributed by atoms with E-state index < -0.39 is 11.6 Å². The maximum absolute atomic E-state index is 13.1. The number of hydrogen-bond donors (Lipinski definition) is 1. The molecule has 0 fully saturated rings. The first-order chi connectivity index (χ1) is 14.1. The van der Waals surface area contributed by atoms with Crippen molar-refractivity contribution in [3.05, 3.63) is 74.6 Å². The maximum atomic E-state index is 13.1. The monoisotopic (exact) mass is 390 g/mol. The highest BCUT2D eigenvalue weighted by Crippen LogP contribution is 2.31. The number of benzene rings is 1. The van der Waals surface area contributed by atoms with Crippen LogP contribution in [0.3, 0.4) is 0 Å². The number of rotatable bonds is 5. The zero-order valence-corrected chi connectivity index (χ0v) is 15.5. The second-order valence-electron chi connectivity index (χ2n) is 6.87. The molecule has 1 unspecified atom stereocenters. The molecule has 0 spiro atoms. The molecule has 0 saturated carbocycles. The Balaban J connectivity index is 2.06. The van der Waals surface area contributed by atoms with E-state index in [1.807, 2.05) is 34.9 Å². The van der Waals surface area contributed by atoms with Crippen molar-refractivity contribution in [2.24, 2.45) is 0 Å². The van der Waals surface area contributed by atoms with Crippen molar-refractivity contribution in [3.63, 3.8) is 0 Å². The number of hydrogen-bond acceptors (Lipinski definition) is 5. The SMILES string of the molecule is N#Cc1cc2c(c3ccccc3n2CCCO)n(C2=CCC([N+](=O)[O-])C=C2)c1=O. The average molecular weight is 390 g/mol. The van der Waals surface area contributed by atoms with Gasteiger partial charge in [-0.2, -0.15) is 5.26 Å². The minimum Gasteiger partial charge on any atom is -0.396 e. The third-order valence-electron chi connectivity index (χ3n) is 5.17. The second kappa shape index (κ2) is 7.37. The number of aliphatic hydroxyl groups excluding tert-OH is 1. The minimum absolute atomic E-state index is 0.00347. The van der Waals surface area contributed by atoms with Gasteiger partial charge in [0.15, 0.2) is 0 Å². The number of para-hydroxylation sites is 1. The summed E-state index contributed by atoms with van der Waals surface area (Å²) in [5, 5.41) is 30.7. The summed E-state index contributed by atoms with van der Waals surface area (Å²) >= 11 is 0. The van der Waals surface area contributed by atoms with Crippen LogP contribution in [0.2, 0.25) is 0 Å². The Morgan fingerprint density at radius 2 is 2.10 bits per heavy atom. The van der Waals surface area contributed by atoms with E-state index in [0.717, 1.165) is 10.9 Å². The number of allylic oxidation sites excluding steroid dienone is 2. The fourth-order valence-corrected chi connectivity index (χ4v) is 3.82. The van der Waals surface area contributed by atoms with Gasteiger partial charge in [0.25, 0.3) is 5.56 Å². The summed E-state index contributed by atoms with van der Waals surface area (Å²) in [5.74, 6) is 0. The van der Waals surface area contributed by atoms with Crippen molar-refractivity contribution in [2.75, 3.05) is 6.61 Å². The molecule has 0 amide bonds. The van der Waals surface area contributed by atoms with Crippen LogP contribution < -0.4 is 5.56 Å². The Kier molecular flexibility index (Phi) is 4.74. The largest absolute Gasteiger partial charge is 0.396 e. The lowest BCUT2D eigenvalue weighted by molar-refractivity contribution is -0.508. The molecular weight excluding hydrogens is 372 g/mol. The summed E-state index contributed by atoms with van der Waals surface area (Å²) in [7, 11) is 0. The number of fused-ring (bicyclic) bond motifs is 3. The van der Waals surface area contributed by atoms with Gasteiger partial charge in [0.1, 0.15) is 11.6 Å². The summed E-state index contributed by atoms with van der Waals surface area (Å²) in [5.41, 5.74) is 2.30. The van der Waals surface area contributed by atoms with Crippen LogP contribution in [0.4, 0.5) is 0 Å². The van der Waals surface area contributed by atoms with Gasteiger partial charge in [-0.05, 0) is 30.7 Å². The predicted molar refractivity (Wildman–Crippen MR) is 109 cm³/mol. The minimum atomic E-state index is -0.824. The van der Waals surface area contributed by atoms with Crippen molar-refractivity contribution < 1.29 is 10.0 Å². The van der Waals surface area contributed by atoms with Crippen LogP contribution in [0.15, 0.2) is 53.4 Å². The van der Waals surface area contributed by atoms with Gasteiger partial charge >= 0.3 is 0 Å². The van der Waals surface area contributed by atoms with Gasteiger partial charge in [-0.3, -0.25) is 19.5 Å². The molecule has 8 heteroatoms. The molecule has 0 saturated heterocycles. The van der Waals surface area contributed by atoms with Crippen LogP contribution in [-0.4, -0.2) is 31.8 Å². The zero-order valence-electron chi connectivity index (χ0n) is 15.5. The predicted octanol–water partition coefficient (Wildman–Crippen LogP) is 2.66. The van der Waals surface area contributed by atoms with Gasteiger partial charge in [0, 0.05) is 35.6 Å². The molecule has 1 N–H and O–H groups in total. The van der Waals surface area contributed by atoms with Crippen molar-refractivity contribution in [3.8, 4) is 6.07 Å². The first kappa shape index (κ1) is 18.7. The Bertz CT molecular complexity index is 1290. The maximum Gasteiger partial charge on any atom is 0.273 e. The molecule has 3 aromatic rings. The van der Waals surface area contributed by atoms with E-state index in [1.54, 1.807) is 18.2 Å². The van der Waals surface area contributed by atoms with E-state index in [9.17, 15) is 25.3 Å². The number of aliphatic hydroxyl groups is 1. The van der Waals surface area contributed by atoms with Gasteiger partial charge in [-0.1, -0.05) is 24.3 Å². The van der Waals surface area contributed by atoms with Crippen molar-refractivity contribution in [1.29, 1.82) is 5.26 Å². The topological polar surface area (TPSA) is 114 Å². The molecule has 1 aliphatic carbocycles. The molecular formula is C21H18N4O4. The summed E-state index contributed by atoms with van der Waals surface area (Å²) in [6.07, 6.45) is 5.40. The Morgan fingerprint density at radius 1 is 1.31 bits per heavy atom. The van der Waals surface area contributed by atoms with Crippen LogP contribution in [0, 0.1) is 21.4 Å². The van der Waals surface area contributed by atoms with Crippen molar-refractivity contribution in [2.45, 2.75) is 25.4 Å². The molecule has 29 heavy (non-hydrogen) atoms. The first-order valence-corrected chi connectivity index (χ1v) is 9.27. The molecule has 0 bridgehead atoms. The Hall–Kier alpha value is -3.70. The average Bonchev–Trinajstić information content (AvgIpc) is 3.05. The van der Waals surface area contributed by atoms with Gasteiger partial charge < -0.3 is 9.67 Å². The van der Waals surface area contributed by atoms with Crippen LogP contribution in [0.25, 0.3) is 27.6 Å². The number of aromatic nitrogens is 2. The fourth-order valence-electron chi connectivity index (χ4n) is 3.82. The van der Waals surface area contributed by atoms with Crippen LogP contribution >= 0.6 is 0 Å². The van der Waals surface area contributed by atoms with Gasteiger partial charge in [0.2, 0.25) is 6.04 Å². The van der Waals surface area contributed by atoms with E-state index in [1.165, 1.54) is 10.6 Å². The lowest BCUT2D eigenvalue weighted by Crippen LogP contribution is -2.24. The molecule has 2 heterocycles. The normalized spacial score (nSPS) is 16.1. The lowest BCUT2D eigenvalue weighted by Gasteiger charge is -2.15. The lowest BCUT2D eigenvalue weighted by atomic mass is 10.1. The van der Waals surface area contributed by atoms with E-state index in [4.69, 9.17) is 0 Å². The number of aryl methyl sites for hydroxylation is 1. The molecule has 146 valence electrons. The van der Waals surface area contributed by atoms with E-state index in [2.05, 4.69) is 0 Å². The van der Waals surface area contributed by atoms with Crippen molar-refractivity contribution >= 4 is 27.6 Å². The van der Waals surface area contributed by atoms with E-state index >= 15 is 0 Å². The Labute approximate surface area is 165 Å². The summed E-state index contributed by atoms with van der Waals surface area (Å²) in [4.78, 5) is 23.8. The summed E-state index contributed by atoms with van der Waals surface area (Å²) < 4.78 is 3.46. The van der Waals surface area contributed by atoms with Gasteiger partial charge in [-0.15, -0.1) is 0 Å². The van der Waals surface area contributed by atoms with Crippen LogP contribution in [0.1, 0.15) is 18.4 Å². The quantitative estimate of drug-likeness (QED) is 0.531. The highest BCUT2D eigenvalue weighted by molar-refractivity contribution is 6.07. The highest BCUT2D eigenvalue weighted by Gasteiger charge is 2.23. The number of nitrogens with zero attached hydrogens (tertiary/aromatic N) is 4. The third-order valence-corrected chi connectivity index (χ3v) is 5.17. The smallest absolute Gasteiger partial charge is 0.273 e. The third kappa shape index (κ3) is 3.02. The van der Waals surface area contributed by atoms with E-state index in [-0.39, 0.29) is 23.5 Å². The number of pyridine rings is 1. The molecule has 1 atom stereocenters. The molecule has 1 aromatic carbocycles. The Morgan fingerprint density at radius 3 is 2.76 bits per heavy atom. The summed E-state index contributed by atoms with van der Waals surface area (Å²) in [6, 6.07) is 10.3. The van der Waals surface area contributed by atoms with E-state index in [0.29, 0.717) is 29.7 Å². The summed E-state index contributed by atoms with van der Waals surface area (Å²) in [6.45, 7) is 0.552. The standard InChI is InChI=1S/C21H18N4O4/c22-13-14-12-19-20(17-4-1-2-5-18(17)23(19)10-3-11-26)24(21(14)27)15-6-8-16(9-7-15)25(28)29/h1-2,4-8,12,16,26H,3,9-11H2. The fraction of sp³-hybridized carbons (Fsp3) is 0.238.